The van der Waals surface area contributed by atoms with Crippen LogP contribution in [0.15, 0.2) is 73.1 Å². The number of hydrogen-bond donors (Lipinski definition) is 1. The van der Waals surface area contributed by atoms with Crippen LogP contribution in [0.3, 0.4) is 0 Å². The van der Waals surface area contributed by atoms with E-state index in [1.54, 1.807) is 22.0 Å². The highest BCUT2D eigenvalue weighted by Crippen LogP contribution is 2.54. The fourth-order valence-electron chi connectivity index (χ4n) is 8.87. The minimum atomic E-state index is -0.910. The quantitative estimate of drug-likeness (QED) is 0.312. The summed E-state index contributed by atoms with van der Waals surface area (Å²) in [5.74, 6) is -0.436. The van der Waals surface area contributed by atoms with Gasteiger partial charge in [0.15, 0.2) is 0 Å². The Bertz CT molecular complexity index is 1790. The monoisotopic (exact) mass is 722 g/mol. The zero-order chi connectivity index (χ0) is 37.5. The summed E-state index contributed by atoms with van der Waals surface area (Å²) in [6, 6.07) is 18.8. The summed E-state index contributed by atoms with van der Waals surface area (Å²) in [5, 5.41) is 7.61. The lowest BCUT2D eigenvalue weighted by Gasteiger charge is -2.50. The number of piperidine rings is 1. The Morgan fingerprint density at radius 1 is 0.849 bits per heavy atom. The highest BCUT2D eigenvalue weighted by atomic mass is 16.5. The molecule has 53 heavy (non-hydrogen) atoms. The van der Waals surface area contributed by atoms with E-state index in [-0.39, 0.29) is 41.5 Å². The van der Waals surface area contributed by atoms with Crippen LogP contribution >= 0.6 is 0 Å². The van der Waals surface area contributed by atoms with Crippen molar-refractivity contribution < 1.29 is 23.9 Å². The van der Waals surface area contributed by atoms with Crippen molar-refractivity contribution in [2.75, 3.05) is 39.3 Å². The lowest BCUT2D eigenvalue weighted by atomic mass is 9.70. The number of nitrogens with zero attached hydrogens (tertiary/aromatic N) is 5. The molecule has 0 radical (unpaired) electrons. The topological polar surface area (TPSA) is 117 Å². The number of carbonyl (C=O) groups is 4. The molecule has 7 rings (SSSR count). The number of rotatable bonds is 11. The van der Waals surface area contributed by atoms with E-state index >= 15 is 0 Å². The van der Waals surface area contributed by atoms with Gasteiger partial charge in [0.1, 0.15) is 6.04 Å². The fourth-order valence-corrected chi connectivity index (χ4v) is 8.87. The smallest absolute Gasteiger partial charge is 0.257 e. The van der Waals surface area contributed by atoms with Crippen LogP contribution < -0.4 is 5.32 Å². The van der Waals surface area contributed by atoms with Gasteiger partial charge >= 0.3 is 0 Å². The molecule has 11 nitrogen and oxygen atoms in total. The SMILES string of the molecule is C[C@@H]1C[C@H](C)CN(C(=O)[C@@H](NC(=O)C2CN(C(=O)c3cnn(Cc4ccccc4)c3)CC23CN(C(=O)[C@H]2CC2(C)C)C3)[C@@H](C)OCc2ccccc2)C1. The number of likely N-dealkylation sites (tertiary alicyclic amines) is 3. The highest BCUT2D eigenvalue weighted by Gasteiger charge is 2.62. The molecule has 282 valence electrons. The van der Waals surface area contributed by atoms with E-state index in [0.717, 1.165) is 24.0 Å². The predicted octanol–water partition coefficient (Wildman–Crippen LogP) is 4.47. The van der Waals surface area contributed by atoms with Crippen molar-refractivity contribution in [1.82, 2.24) is 29.8 Å². The minimum Gasteiger partial charge on any atom is -0.371 e. The van der Waals surface area contributed by atoms with Gasteiger partial charge in [0.2, 0.25) is 17.7 Å². The van der Waals surface area contributed by atoms with Crippen molar-refractivity contribution in [2.45, 2.75) is 72.8 Å². The Hall–Kier alpha value is -4.51. The summed E-state index contributed by atoms with van der Waals surface area (Å²) in [7, 11) is 0. The van der Waals surface area contributed by atoms with Crippen molar-refractivity contribution in [3.63, 3.8) is 0 Å². The molecule has 4 amide bonds. The largest absolute Gasteiger partial charge is 0.371 e. The van der Waals surface area contributed by atoms with Crippen LogP contribution in [-0.2, 0) is 32.3 Å². The number of aromatic nitrogens is 2. The van der Waals surface area contributed by atoms with E-state index in [1.165, 1.54) is 0 Å². The van der Waals surface area contributed by atoms with Gasteiger partial charge in [0.05, 0.1) is 36.9 Å². The highest BCUT2D eigenvalue weighted by molar-refractivity contribution is 5.96. The average Bonchev–Trinajstić information content (AvgIpc) is 3.42. The van der Waals surface area contributed by atoms with Crippen molar-refractivity contribution in [2.24, 2.45) is 34.5 Å². The number of nitrogens with one attached hydrogen (secondary N) is 1. The Kier molecular flexibility index (Phi) is 10.2. The summed E-state index contributed by atoms with van der Waals surface area (Å²) >= 11 is 0. The number of ether oxygens (including phenoxy) is 1. The minimum absolute atomic E-state index is 0.0128. The summed E-state index contributed by atoms with van der Waals surface area (Å²) < 4.78 is 8.03. The summed E-state index contributed by atoms with van der Waals surface area (Å²) in [5.41, 5.74) is 1.87. The van der Waals surface area contributed by atoms with E-state index in [1.807, 2.05) is 77.4 Å². The maximum Gasteiger partial charge on any atom is 0.257 e. The zero-order valence-corrected chi connectivity index (χ0v) is 31.7. The first-order valence-electron chi connectivity index (χ1n) is 19.2. The number of benzene rings is 2. The predicted molar refractivity (Wildman–Crippen MR) is 200 cm³/mol. The van der Waals surface area contributed by atoms with Crippen molar-refractivity contribution in [3.8, 4) is 0 Å². The maximum atomic E-state index is 14.6. The van der Waals surface area contributed by atoms with Crippen LogP contribution in [0.25, 0.3) is 0 Å². The van der Waals surface area contributed by atoms with E-state index in [0.29, 0.717) is 63.3 Å². The molecule has 1 spiro atoms. The fraction of sp³-hybridized carbons (Fsp3) is 0.548. The molecule has 4 fully saturated rings. The molecule has 1 aromatic heterocycles. The maximum absolute atomic E-state index is 14.6. The third kappa shape index (κ3) is 7.91. The molecular formula is C42H54N6O5. The van der Waals surface area contributed by atoms with Crippen LogP contribution in [0.1, 0.15) is 68.9 Å². The van der Waals surface area contributed by atoms with Crippen LogP contribution in [0.2, 0.25) is 0 Å². The van der Waals surface area contributed by atoms with E-state index in [2.05, 4.69) is 38.1 Å². The van der Waals surface area contributed by atoms with Gasteiger partial charge in [-0.3, -0.25) is 23.9 Å². The molecule has 11 heteroatoms. The number of carbonyl (C=O) groups excluding carboxylic acids is 4. The van der Waals surface area contributed by atoms with Crippen LogP contribution in [0.4, 0.5) is 0 Å². The lowest BCUT2D eigenvalue weighted by Crippen LogP contribution is -2.65. The Morgan fingerprint density at radius 3 is 2.08 bits per heavy atom. The van der Waals surface area contributed by atoms with E-state index in [4.69, 9.17) is 4.74 Å². The normalized spacial score (nSPS) is 25.4. The third-order valence-corrected chi connectivity index (χ3v) is 12.0. The molecule has 4 aliphatic rings. The van der Waals surface area contributed by atoms with Crippen molar-refractivity contribution >= 4 is 23.6 Å². The van der Waals surface area contributed by atoms with Gasteiger partial charge in [0, 0.05) is 56.8 Å². The van der Waals surface area contributed by atoms with Gasteiger partial charge in [0.25, 0.3) is 5.91 Å². The standard InChI is InChI=1S/C42H54N6O5/c1-28-16-29(2)20-45(19-28)40(52)36(30(3)53-24-32-14-10-7-11-15-32)44-37(49)35-23-46(25-42(35)26-47(27-42)39(51)34-17-41(34,4)5)38(50)33-18-43-48(22-33)21-31-12-8-6-9-13-31/h6-15,18,22,28-30,34-36H,16-17,19-21,23-27H2,1-5H3,(H,44,49)/t28-,29+,30-,34-,35?,36+/m1/s1. The third-order valence-electron chi connectivity index (χ3n) is 12.0. The molecular weight excluding hydrogens is 668 g/mol. The molecule has 0 bridgehead atoms. The van der Waals surface area contributed by atoms with Crippen LogP contribution in [-0.4, -0.2) is 99.5 Å². The molecule has 1 saturated carbocycles. The molecule has 2 aromatic carbocycles. The Morgan fingerprint density at radius 2 is 1.45 bits per heavy atom. The molecule has 3 aliphatic heterocycles. The Balaban J connectivity index is 1.11. The molecule has 4 heterocycles. The molecule has 1 aliphatic carbocycles. The lowest BCUT2D eigenvalue weighted by molar-refractivity contribution is -0.153. The molecule has 3 aromatic rings. The van der Waals surface area contributed by atoms with Crippen LogP contribution in [0.5, 0.6) is 0 Å². The molecule has 1 unspecified atom stereocenters. The summed E-state index contributed by atoms with van der Waals surface area (Å²) in [4.78, 5) is 61.9. The van der Waals surface area contributed by atoms with Gasteiger partial charge in [-0.1, -0.05) is 88.4 Å². The van der Waals surface area contributed by atoms with Gasteiger partial charge in [-0.05, 0) is 48.1 Å². The first-order valence-corrected chi connectivity index (χ1v) is 19.2. The second-order valence-corrected chi connectivity index (χ2v) is 17.1. The van der Waals surface area contributed by atoms with E-state index in [9.17, 15) is 19.2 Å². The van der Waals surface area contributed by atoms with Crippen LogP contribution in [0, 0.1) is 34.5 Å². The number of hydrogen-bond acceptors (Lipinski definition) is 6. The molecule has 6 atom stereocenters. The van der Waals surface area contributed by atoms with Crippen molar-refractivity contribution in [3.05, 3.63) is 89.7 Å². The van der Waals surface area contributed by atoms with Gasteiger partial charge < -0.3 is 24.8 Å². The second kappa shape index (κ2) is 14.7. The average molecular weight is 723 g/mol. The second-order valence-electron chi connectivity index (χ2n) is 17.1. The Labute approximate surface area is 313 Å². The summed E-state index contributed by atoms with van der Waals surface area (Å²) in [6.45, 7) is 13.8. The van der Waals surface area contributed by atoms with Gasteiger partial charge in [-0.2, -0.15) is 5.10 Å². The zero-order valence-electron chi connectivity index (χ0n) is 31.7. The number of amides is 4. The van der Waals surface area contributed by atoms with Gasteiger partial charge in [-0.25, -0.2) is 0 Å². The first kappa shape index (κ1) is 36.8. The van der Waals surface area contributed by atoms with Crippen molar-refractivity contribution in [1.29, 1.82) is 0 Å². The summed E-state index contributed by atoms with van der Waals surface area (Å²) in [6.07, 6.45) is 4.63. The molecule has 3 saturated heterocycles. The van der Waals surface area contributed by atoms with E-state index < -0.39 is 23.5 Å². The molecule has 1 N–H and O–H groups in total. The first-order chi connectivity index (χ1) is 25.3. The van der Waals surface area contributed by atoms with Gasteiger partial charge in [-0.15, -0.1) is 0 Å².